The van der Waals surface area contributed by atoms with E-state index in [2.05, 4.69) is 0 Å². The third-order valence-electron chi connectivity index (χ3n) is 2.73. The Bertz CT molecular complexity index is 237. The van der Waals surface area contributed by atoms with Crippen LogP contribution in [0, 0.1) is 0 Å². The van der Waals surface area contributed by atoms with Gasteiger partial charge in [0, 0.05) is 5.57 Å². The van der Waals surface area contributed by atoms with Crippen LogP contribution in [0.1, 0.15) is 46.0 Å². The molecule has 0 saturated heterocycles. The van der Waals surface area contributed by atoms with Gasteiger partial charge in [-0.2, -0.15) is 0 Å². The average Bonchev–Trinajstić information content (AvgIpc) is 2.18. The molecule has 0 aromatic rings. The molecule has 1 aliphatic carbocycles. The van der Waals surface area contributed by atoms with Gasteiger partial charge in [0.05, 0.1) is 17.8 Å². The Labute approximate surface area is 84.8 Å². The molecule has 80 valence electrons. The molecule has 3 nitrogen and oxygen atoms in total. The smallest absolute Gasteiger partial charge is 0.0982 e. The molecule has 0 atom stereocenters. The highest BCUT2D eigenvalue weighted by Crippen LogP contribution is 2.23. The minimum absolute atomic E-state index is 0.204. The molecular weight excluding hydrogens is 180 g/mol. The summed E-state index contributed by atoms with van der Waals surface area (Å²) in [5.41, 5.74) is 0.204. The molecule has 0 aliphatic heterocycles. The van der Waals surface area contributed by atoms with Gasteiger partial charge in [0.1, 0.15) is 0 Å². The number of carbonyl (C=O) groups excluding carboxylic acids is 1. The predicted octanol–water partition coefficient (Wildman–Crippen LogP) is 1.38. The van der Waals surface area contributed by atoms with Gasteiger partial charge in [0.15, 0.2) is 0 Å². The molecule has 0 N–H and O–H groups in total. The van der Waals surface area contributed by atoms with Crippen LogP contribution in [0.4, 0.5) is 0 Å². The van der Waals surface area contributed by atoms with Crippen molar-refractivity contribution in [3.8, 4) is 0 Å². The highest BCUT2D eigenvalue weighted by atomic mass is 16.5. The highest BCUT2D eigenvalue weighted by molar-refractivity contribution is 5.84. The van der Waals surface area contributed by atoms with Gasteiger partial charge in [-0.15, -0.1) is 0 Å². The van der Waals surface area contributed by atoms with Crippen LogP contribution in [0.2, 0.25) is 0 Å². The first-order valence-electron chi connectivity index (χ1n) is 5.16. The van der Waals surface area contributed by atoms with E-state index in [1.54, 1.807) is 6.92 Å². The molecule has 1 aliphatic rings. The van der Waals surface area contributed by atoms with E-state index in [1.807, 2.05) is 0 Å². The Morgan fingerprint density at radius 2 is 1.79 bits per heavy atom. The van der Waals surface area contributed by atoms with Crippen molar-refractivity contribution in [2.75, 3.05) is 0 Å². The molecule has 0 heterocycles. The Morgan fingerprint density at radius 1 is 1.21 bits per heavy atom. The largest absolute Gasteiger partial charge is 0.545 e. The van der Waals surface area contributed by atoms with Gasteiger partial charge in [0.2, 0.25) is 0 Å². The van der Waals surface area contributed by atoms with Crippen LogP contribution < -0.4 is 5.11 Å². The van der Waals surface area contributed by atoms with E-state index in [9.17, 15) is 9.90 Å². The third-order valence-corrected chi connectivity index (χ3v) is 2.73. The number of carbonyl (C=O) groups is 1. The lowest BCUT2D eigenvalue weighted by Gasteiger charge is -2.24. The first-order chi connectivity index (χ1) is 6.61. The van der Waals surface area contributed by atoms with E-state index >= 15 is 0 Å². The molecule has 14 heavy (non-hydrogen) atoms. The number of allylic oxidation sites excluding steroid dienone is 1. The summed E-state index contributed by atoms with van der Waals surface area (Å²) >= 11 is 0. The Morgan fingerprint density at radius 3 is 2.29 bits per heavy atom. The van der Waals surface area contributed by atoms with E-state index in [-0.39, 0.29) is 11.7 Å². The fourth-order valence-electron chi connectivity index (χ4n) is 1.67. The van der Waals surface area contributed by atoms with Crippen LogP contribution in [0.25, 0.3) is 0 Å². The number of hydrogen-bond acceptors (Lipinski definition) is 3. The molecular formula is C11H17O3-. The van der Waals surface area contributed by atoms with Crippen molar-refractivity contribution in [3.05, 3.63) is 11.3 Å². The van der Waals surface area contributed by atoms with Gasteiger partial charge < -0.3 is 14.6 Å². The molecule has 0 amide bonds. The molecule has 0 aromatic heterocycles. The summed E-state index contributed by atoms with van der Waals surface area (Å²) in [5.74, 6) is -0.643. The van der Waals surface area contributed by atoms with E-state index in [0.29, 0.717) is 5.76 Å². The molecule has 0 unspecified atom stereocenters. The average molecular weight is 197 g/mol. The van der Waals surface area contributed by atoms with Crippen LogP contribution in [0.15, 0.2) is 11.3 Å². The number of ether oxygens (including phenoxy) is 1. The van der Waals surface area contributed by atoms with Crippen LogP contribution in [0.3, 0.4) is 0 Å². The second kappa shape index (κ2) is 5.03. The van der Waals surface area contributed by atoms with Gasteiger partial charge in [0.25, 0.3) is 0 Å². The summed E-state index contributed by atoms with van der Waals surface area (Å²) in [6.45, 7) is 3.22. The standard InChI is InChI=1S/C11H18O3/c1-8(11(12)13)9(2)14-10-6-4-3-5-7-10/h10H,3-7H2,1-2H3,(H,12,13)/p-1/b9-8+. The summed E-state index contributed by atoms with van der Waals surface area (Å²) in [6.07, 6.45) is 5.92. The van der Waals surface area contributed by atoms with Crippen molar-refractivity contribution >= 4 is 5.97 Å². The second-order valence-corrected chi connectivity index (χ2v) is 3.85. The Balaban J connectivity index is 2.49. The van der Waals surface area contributed by atoms with Crippen molar-refractivity contribution in [1.29, 1.82) is 0 Å². The second-order valence-electron chi connectivity index (χ2n) is 3.85. The zero-order valence-corrected chi connectivity index (χ0v) is 8.84. The van der Waals surface area contributed by atoms with E-state index in [1.165, 1.54) is 26.2 Å². The van der Waals surface area contributed by atoms with Gasteiger partial charge in [-0.25, -0.2) is 0 Å². The fourth-order valence-corrected chi connectivity index (χ4v) is 1.67. The fraction of sp³-hybridized carbons (Fsp3) is 0.727. The van der Waals surface area contributed by atoms with Crippen molar-refractivity contribution < 1.29 is 14.6 Å². The van der Waals surface area contributed by atoms with Crippen LogP contribution >= 0.6 is 0 Å². The molecule has 1 fully saturated rings. The Kier molecular flexibility index (Phi) is 3.98. The minimum Gasteiger partial charge on any atom is -0.545 e. The predicted molar refractivity (Wildman–Crippen MR) is 51.3 cm³/mol. The normalized spacial score (nSPS) is 20.1. The number of hydrogen-bond donors (Lipinski definition) is 0. The number of carboxylic acid groups (broad SMARTS) is 1. The zero-order valence-electron chi connectivity index (χ0n) is 8.84. The molecule has 0 bridgehead atoms. The van der Waals surface area contributed by atoms with Crippen molar-refractivity contribution in [1.82, 2.24) is 0 Å². The maximum Gasteiger partial charge on any atom is 0.0982 e. The monoisotopic (exact) mass is 197 g/mol. The highest BCUT2D eigenvalue weighted by Gasteiger charge is 2.15. The lowest BCUT2D eigenvalue weighted by atomic mass is 9.98. The van der Waals surface area contributed by atoms with E-state index in [0.717, 1.165) is 12.8 Å². The summed E-state index contributed by atoms with van der Waals surface area (Å²) in [6, 6.07) is 0. The summed E-state index contributed by atoms with van der Waals surface area (Å²) in [4.78, 5) is 10.5. The van der Waals surface area contributed by atoms with Gasteiger partial charge in [-0.05, 0) is 39.5 Å². The third kappa shape index (κ3) is 3.05. The Hall–Kier alpha value is -0.990. The SMILES string of the molecule is C/C(OC1CCCCC1)=C(/C)C(=O)[O-]. The van der Waals surface area contributed by atoms with E-state index in [4.69, 9.17) is 4.74 Å². The lowest BCUT2D eigenvalue weighted by Crippen LogP contribution is -2.25. The molecule has 0 aromatic carbocycles. The first-order valence-corrected chi connectivity index (χ1v) is 5.16. The first kappa shape index (κ1) is 11.1. The van der Waals surface area contributed by atoms with Crippen LogP contribution in [-0.4, -0.2) is 12.1 Å². The van der Waals surface area contributed by atoms with Crippen LogP contribution in [-0.2, 0) is 9.53 Å². The quantitative estimate of drug-likeness (QED) is 0.507. The number of aliphatic carboxylic acids is 1. The van der Waals surface area contributed by atoms with Crippen LogP contribution in [0.5, 0.6) is 0 Å². The van der Waals surface area contributed by atoms with Gasteiger partial charge >= 0.3 is 0 Å². The van der Waals surface area contributed by atoms with Crippen molar-refractivity contribution in [2.24, 2.45) is 0 Å². The van der Waals surface area contributed by atoms with E-state index < -0.39 is 5.97 Å². The zero-order chi connectivity index (χ0) is 10.6. The molecule has 1 saturated carbocycles. The lowest BCUT2D eigenvalue weighted by molar-refractivity contribution is -0.299. The maximum atomic E-state index is 10.5. The van der Waals surface area contributed by atoms with Gasteiger partial charge in [-0.1, -0.05) is 6.42 Å². The summed E-state index contributed by atoms with van der Waals surface area (Å²) in [5, 5.41) is 10.5. The number of rotatable bonds is 3. The maximum absolute atomic E-state index is 10.5. The molecule has 0 spiro atoms. The number of carboxylic acids is 1. The summed E-state index contributed by atoms with van der Waals surface area (Å²) in [7, 11) is 0. The van der Waals surface area contributed by atoms with Crippen molar-refractivity contribution in [3.63, 3.8) is 0 Å². The molecule has 3 heteroatoms. The summed E-state index contributed by atoms with van der Waals surface area (Å²) < 4.78 is 5.57. The minimum atomic E-state index is -1.14. The molecule has 1 rings (SSSR count). The van der Waals surface area contributed by atoms with Gasteiger partial charge in [-0.3, -0.25) is 0 Å². The molecule has 0 radical (unpaired) electrons. The van der Waals surface area contributed by atoms with Crippen molar-refractivity contribution in [2.45, 2.75) is 52.1 Å². The topological polar surface area (TPSA) is 49.4 Å².